The van der Waals surface area contributed by atoms with Crippen molar-refractivity contribution in [3.8, 4) is 0 Å². The third-order valence-corrected chi connectivity index (χ3v) is 3.79. The van der Waals surface area contributed by atoms with E-state index in [1.54, 1.807) is 17.4 Å². The first-order chi connectivity index (χ1) is 9.27. The van der Waals surface area contributed by atoms with Crippen LogP contribution in [0.4, 0.5) is 0 Å². The molecule has 1 unspecified atom stereocenters. The van der Waals surface area contributed by atoms with Gasteiger partial charge in [-0.15, -0.1) is 17.9 Å². The number of rotatable bonds is 6. The Labute approximate surface area is 116 Å². The van der Waals surface area contributed by atoms with Gasteiger partial charge in [0.05, 0.1) is 6.61 Å². The van der Waals surface area contributed by atoms with Gasteiger partial charge in [-0.1, -0.05) is 24.3 Å². The minimum absolute atomic E-state index is 0.243. The molecule has 1 atom stereocenters. The van der Waals surface area contributed by atoms with Crippen molar-refractivity contribution < 1.29 is 9.53 Å². The number of thiophene rings is 1. The van der Waals surface area contributed by atoms with E-state index in [9.17, 15) is 4.79 Å². The van der Waals surface area contributed by atoms with Gasteiger partial charge < -0.3 is 4.74 Å². The number of esters is 1. The van der Waals surface area contributed by atoms with E-state index in [0.29, 0.717) is 13.2 Å². The van der Waals surface area contributed by atoms with Crippen LogP contribution in [-0.2, 0) is 9.53 Å². The van der Waals surface area contributed by atoms with Crippen LogP contribution in [0, 0.1) is 0 Å². The van der Waals surface area contributed by atoms with Gasteiger partial charge >= 0.3 is 5.97 Å². The molecule has 0 saturated heterocycles. The molecular weight excluding hydrogens is 258 g/mol. The molecule has 0 spiro atoms. The molecular formula is C15H17NO2S. The summed E-state index contributed by atoms with van der Waals surface area (Å²) in [5.41, 5.74) is 0.973. The fraction of sp³-hybridized carbons (Fsp3) is 0.267. The molecule has 0 bridgehead atoms. The van der Waals surface area contributed by atoms with E-state index in [-0.39, 0.29) is 5.97 Å². The Morgan fingerprint density at radius 3 is 3.05 bits per heavy atom. The number of hydrogen-bond acceptors (Lipinski definition) is 4. The van der Waals surface area contributed by atoms with E-state index >= 15 is 0 Å². The Bertz CT molecular complexity index is 576. The first-order valence-corrected chi connectivity index (χ1v) is 7.13. The number of hydrogen-bond donors (Lipinski definition) is 1. The summed E-state index contributed by atoms with van der Waals surface area (Å²) in [4.78, 5) is 12.1. The Morgan fingerprint density at radius 2 is 2.32 bits per heavy atom. The van der Waals surface area contributed by atoms with Gasteiger partial charge in [0.15, 0.2) is 0 Å². The van der Waals surface area contributed by atoms with Gasteiger partial charge in [-0.3, -0.25) is 5.32 Å². The van der Waals surface area contributed by atoms with E-state index in [2.05, 4.69) is 18.0 Å². The van der Waals surface area contributed by atoms with Crippen molar-refractivity contribution >= 4 is 27.4 Å². The predicted octanol–water partition coefficient (Wildman–Crippen LogP) is 3.28. The molecule has 1 aromatic carbocycles. The second kappa shape index (κ2) is 6.50. The summed E-state index contributed by atoms with van der Waals surface area (Å²) in [5.74, 6) is -0.243. The lowest BCUT2D eigenvalue weighted by Gasteiger charge is -2.16. The first-order valence-electron chi connectivity index (χ1n) is 6.25. The van der Waals surface area contributed by atoms with Gasteiger partial charge in [-0.2, -0.15) is 0 Å². The highest BCUT2D eigenvalue weighted by molar-refractivity contribution is 7.17. The Morgan fingerprint density at radius 1 is 1.53 bits per heavy atom. The van der Waals surface area contributed by atoms with Crippen LogP contribution in [0.5, 0.6) is 0 Å². The van der Waals surface area contributed by atoms with E-state index < -0.39 is 6.04 Å². The zero-order valence-corrected chi connectivity index (χ0v) is 11.7. The van der Waals surface area contributed by atoms with Crippen LogP contribution in [0.15, 0.2) is 42.3 Å². The lowest BCUT2D eigenvalue weighted by Crippen LogP contribution is -2.30. The average molecular weight is 275 g/mol. The maximum atomic E-state index is 12.1. The Balaban J connectivity index is 2.36. The van der Waals surface area contributed by atoms with E-state index in [0.717, 1.165) is 10.9 Å². The third-order valence-electron chi connectivity index (χ3n) is 2.81. The topological polar surface area (TPSA) is 38.3 Å². The molecule has 0 amide bonds. The molecule has 1 aromatic heterocycles. The van der Waals surface area contributed by atoms with Crippen molar-refractivity contribution in [1.82, 2.24) is 5.32 Å². The van der Waals surface area contributed by atoms with Crippen LogP contribution in [0.1, 0.15) is 18.5 Å². The maximum absolute atomic E-state index is 12.1. The lowest BCUT2D eigenvalue weighted by molar-refractivity contribution is -0.145. The second-order valence-corrected chi connectivity index (χ2v) is 4.98. The summed E-state index contributed by atoms with van der Waals surface area (Å²) in [6, 6.07) is 7.63. The van der Waals surface area contributed by atoms with Crippen LogP contribution in [0.3, 0.4) is 0 Å². The zero-order valence-electron chi connectivity index (χ0n) is 10.9. The molecule has 1 N–H and O–H groups in total. The molecule has 0 aliphatic rings. The van der Waals surface area contributed by atoms with Gasteiger partial charge in [0.2, 0.25) is 0 Å². The summed E-state index contributed by atoms with van der Waals surface area (Å²) < 4.78 is 6.32. The summed E-state index contributed by atoms with van der Waals surface area (Å²) in [6.07, 6.45) is 1.74. The van der Waals surface area contributed by atoms with Gasteiger partial charge in [-0.25, -0.2) is 4.79 Å². The van der Waals surface area contributed by atoms with Crippen molar-refractivity contribution in [1.29, 1.82) is 0 Å². The standard InChI is InChI=1S/C15H17NO2S/c1-3-9-16-14(15(17)18-4-2)12-10-19-13-8-6-5-7-11(12)13/h3,5-8,10,14,16H,1,4,9H2,2H3. The molecule has 3 nitrogen and oxygen atoms in total. The number of nitrogens with one attached hydrogen (secondary N) is 1. The summed E-state index contributed by atoms with van der Waals surface area (Å²) in [5, 5.41) is 6.28. The summed E-state index contributed by atoms with van der Waals surface area (Å²) in [6.45, 7) is 6.43. The highest BCUT2D eigenvalue weighted by atomic mass is 32.1. The molecule has 0 saturated carbocycles. The average Bonchev–Trinajstić information content (AvgIpc) is 2.84. The summed E-state index contributed by atoms with van der Waals surface area (Å²) >= 11 is 1.64. The fourth-order valence-electron chi connectivity index (χ4n) is 1.97. The maximum Gasteiger partial charge on any atom is 0.327 e. The van der Waals surface area contributed by atoms with Gasteiger partial charge in [0.1, 0.15) is 6.04 Å². The number of ether oxygens (including phenoxy) is 1. The van der Waals surface area contributed by atoms with E-state index in [4.69, 9.17) is 4.74 Å². The number of carbonyl (C=O) groups excluding carboxylic acids is 1. The smallest absolute Gasteiger partial charge is 0.327 e. The normalized spacial score (nSPS) is 12.3. The Kier molecular flexibility index (Phi) is 4.71. The van der Waals surface area contributed by atoms with Gasteiger partial charge in [0, 0.05) is 11.2 Å². The highest BCUT2D eigenvalue weighted by Gasteiger charge is 2.23. The SMILES string of the molecule is C=CCNC(C(=O)OCC)c1csc2ccccc12. The number of fused-ring (bicyclic) bond motifs is 1. The summed E-state index contributed by atoms with van der Waals surface area (Å²) in [7, 11) is 0. The quantitative estimate of drug-likeness (QED) is 0.649. The van der Waals surface area contributed by atoms with Crippen molar-refractivity contribution in [2.24, 2.45) is 0 Å². The largest absolute Gasteiger partial charge is 0.465 e. The molecule has 0 radical (unpaired) electrons. The number of benzene rings is 1. The van der Waals surface area contributed by atoms with Crippen molar-refractivity contribution in [2.75, 3.05) is 13.2 Å². The molecule has 0 aliphatic heterocycles. The molecule has 0 aliphatic carbocycles. The minimum atomic E-state index is -0.436. The van der Waals surface area contributed by atoms with Crippen molar-refractivity contribution in [2.45, 2.75) is 13.0 Å². The molecule has 0 fully saturated rings. The van der Waals surface area contributed by atoms with Crippen LogP contribution in [0.25, 0.3) is 10.1 Å². The van der Waals surface area contributed by atoms with Crippen LogP contribution >= 0.6 is 11.3 Å². The zero-order chi connectivity index (χ0) is 13.7. The van der Waals surface area contributed by atoms with Crippen LogP contribution in [-0.4, -0.2) is 19.1 Å². The van der Waals surface area contributed by atoms with Crippen molar-refractivity contribution in [3.63, 3.8) is 0 Å². The van der Waals surface area contributed by atoms with Crippen LogP contribution in [0.2, 0.25) is 0 Å². The molecule has 2 aromatic rings. The first kappa shape index (κ1) is 13.8. The molecule has 4 heteroatoms. The third kappa shape index (κ3) is 3.03. The Hall–Kier alpha value is -1.65. The van der Waals surface area contributed by atoms with Crippen LogP contribution < -0.4 is 5.32 Å². The lowest BCUT2D eigenvalue weighted by atomic mass is 10.1. The molecule has 100 valence electrons. The number of carbonyl (C=O) groups is 1. The van der Waals surface area contributed by atoms with Gasteiger partial charge in [0.25, 0.3) is 0 Å². The monoisotopic (exact) mass is 275 g/mol. The predicted molar refractivity (Wildman–Crippen MR) is 79.4 cm³/mol. The second-order valence-electron chi connectivity index (χ2n) is 4.07. The van der Waals surface area contributed by atoms with Crippen molar-refractivity contribution in [3.05, 3.63) is 47.9 Å². The molecule has 2 rings (SSSR count). The minimum Gasteiger partial charge on any atom is -0.465 e. The van der Waals surface area contributed by atoms with E-state index in [1.165, 1.54) is 4.70 Å². The highest BCUT2D eigenvalue weighted by Crippen LogP contribution is 2.30. The molecule has 1 heterocycles. The van der Waals surface area contributed by atoms with E-state index in [1.807, 2.05) is 30.5 Å². The molecule has 19 heavy (non-hydrogen) atoms. The fourth-order valence-corrected chi connectivity index (χ4v) is 2.96. The van der Waals surface area contributed by atoms with Gasteiger partial charge in [-0.05, 0) is 29.3 Å².